The summed E-state index contributed by atoms with van der Waals surface area (Å²) in [5.74, 6) is -2.85. The third kappa shape index (κ3) is 5.01. The molecule has 4 rings (SSSR count). The Labute approximate surface area is 183 Å². The van der Waals surface area contributed by atoms with Gasteiger partial charge in [-0.2, -0.15) is 0 Å². The highest BCUT2D eigenvalue weighted by Crippen LogP contribution is 2.32. The van der Waals surface area contributed by atoms with Gasteiger partial charge in [-0.05, 0) is 17.7 Å². The normalized spacial score (nSPS) is 14.6. The number of carbonyl (C=O) groups excluding carboxylic acids is 1. The third-order valence-electron chi connectivity index (χ3n) is 5.18. The fourth-order valence-electron chi connectivity index (χ4n) is 3.45. The number of carbonyl (C=O) groups is 1. The van der Waals surface area contributed by atoms with E-state index in [1.165, 1.54) is 6.07 Å². The number of hydrogen-bond acceptors (Lipinski definition) is 6. The van der Waals surface area contributed by atoms with E-state index in [0.717, 1.165) is 50.5 Å². The minimum Gasteiger partial charge on any atom is -0.435 e. The van der Waals surface area contributed by atoms with Crippen molar-refractivity contribution >= 4 is 5.91 Å². The van der Waals surface area contributed by atoms with E-state index >= 15 is 0 Å². The van der Waals surface area contributed by atoms with Crippen LogP contribution in [0, 0.1) is 11.6 Å². The van der Waals surface area contributed by atoms with E-state index in [-0.39, 0.29) is 17.3 Å². The second kappa shape index (κ2) is 9.99. The number of nitrogens with zero attached hydrogens (tertiary/aromatic N) is 2. The smallest absolute Gasteiger partial charge is 0.271 e. The lowest BCUT2D eigenvalue weighted by Gasteiger charge is -2.26. The summed E-state index contributed by atoms with van der Waals surface area (Å²) in [7, 11) is 0. The first kappa shape index (κ1) is 22.1. The minimum atomic E-state index is -0.859. The van der Waals surface area contributed by atoms with E-state index in [1.807, 2.05) is 12.1 Å². The molecular weight excluding hydrogens is 420 g/mol. The molecule has 1 aliphatic rings. The first-order valence-corrected chi connectivity index (χ1v) is 10.2. The van der Waals surface area contributed by atoms with Crippen molar-refractivity contribution in [3.8, 4) is 22.8 Å². The number of nitrogens with two attached hydrogens (primary N) is 1. The Morgan fingerprint density at radius 3 is 2.44 bits per heavy atom. The molecule has 1 aromatic heterocycles. The Kier molecular flexibility index (Phi) is 6.89. The highest BCUT2D eigenvalue weighted by atomic mass is 19.1. The SMILES string of the molecule is NC(=O)c1nc(-c2c(F)cccc2F)oc1-c1ccc(COCCN2CCOCC2)cc1. The zero-order chi connectivity index (χ0) is 22.5. The van der Waals surface area contributed by atoms with E-state index in [1.54, 1.807) is 12.1 Å². The van der Waals surface area contributed by atoms with E-state index in [9.17, 15) is 13.6 Å². The monoisotopic (exact) mass is 443 g/mol. The highest BCUT2D eigenvalue weighted by Gasteiger charge is 2.24. The van der Waals surface area contributed by atoms with Crippen LogP contribution in [-0.2, 0) is 16.1 Å². The van der Waals surface area contributed by atoms with E-state index < -0.39 is 23.1 Å². The molecule has 1 fully saturated rings. The predicted octanol–water partition coefficient (Wildman–Crippen LogP) is 3.23. The highest BCUT2D eigenvalue weighted by molar-refractivity contribution is 5.97. The summed E-state index contributed by atoms with van der Waals surface area (Å²) < 4.78 is 44.9. The number of ether oxygens (including phenoxy) is 2. The Balaban J connectivity index is 1.46. The van der Waals surface area contributed by atoms with Crippen molar-refractivity contribution in [2.45, 2.75) is 6.61 Å². The van der Waals surface area contributed by atoms with Gasteiger partial charge in [0.1, 0.15) is 17.2 Å². The van der Waals surface area contributed by atoms with Crippen molar-refractivity contribution in [1.82, 2.24) is 9.88 Å². The maximum Gasteiger partial charge on any atom is 0.271 e. The molecule has 0 unspecified atom stereocenters. The lowest BCUT2D eigenvalue weighted by atomic mass is 10.1. The van der Waals surface area contributed by atoms with Gasteiger partial charge in [-0.15, -0.1) is 0 Å². The fraction of sp³-hybridized carbons (Fsp3) is 0.304. The molecule has 7 nitrogen and oxygen atoms in total. The molecule has 3 aromatic rings. The van der Waals surface area contributed by atoms with E-state index in [4.69, 9.17) is 19.6 Å². The van der Waals surface area contributed by atoms with Gasteiger partial charge in [-0.25, -0.2) is 13.8 Å². The Bertz CT molecular complexity index is 1060. The molecule has 1 amide bonds. The molecular formula is C23H23F2N3O4. The van der Waals surface area contributed by atoms with Crippen LogP contribution in [0.1, 0.15) is 16.1 Å². The van der Waals surface area contributed by atoms with Gasteiger partial charge in [-0.3, -0.25) is 9.69 Å². The minimum absolute atomic E-state index is 0.0509. The van der Waals surface area contributed by atoms with Crippen molar-refractivity contribution in [2.24, 2.45) is 5.73 Å². The van der Waals surface area contributed by atoms with Crippen LogP contribution in [0.2, 0.25) is 0 Å². The molecule has 0 radical (unpaired) electrons. The van der Waals surface area contributed by atoms with Crippen LogP contribution in [0.25, 0.3) is 22.8 Å². The topological polar surface area (TPSA) is 90.8 Å². The summed E-state index contributed by atoms with van der Waals surface area (Å²) >= 11 is 0. The van der Waals surface area contributed by atoms with Gasteiger partial charge >= 0.3 is 0 Å². The summed E-state index contributed by atoms with van der Waals surface area (Å²) in [6.45, 7) is 5.20. The Morgan fingerprint density at radius 1 is 1.09 bits per heavy atom. The van der Waals surface area contributed by atoms with Crippen LogP contribution in [0.3, 0.4) is 0 Å². The van der Waals surface area contributed by atoms with Gasteiger partial charge in [-0.1, -0.05) is 30.3 Å². The largest absolute Gasteiger partial charge is 0.435 e. The van der Waals surface area contributed by atoms with Gasteiger partial charge in [0.05, 0.1) is 26.4 Å². The summed E-state index contributed by atoms with van der Waals surface area (Å²) in [5.41, 5.74) is 6.19. The van der Waals surface area contributed by atoms with Crippen molar-refractivity contribution in [3.63, 3.8) is 0 Å². The van der Waals surface area contributed by atoms with Gasteiger partial charge in [0.15, 0.2) is 11.5 Å². The third-order valence-corrected chi connectivity index (χ3v) is 5.18. The lowest BCUT2D eigenvalue weighted by molar-refractivity contribution is 0.0180. The number of halogens is 2. The second-order valence-corrected chi connectivity index (χ2v) is 7.36. The van der Waals surface area contributed by atoms with Crippen LogP contribution < -0.4 is 5.73 Å². The van der Waals surface area contributed by atoms with Crippen LogP contribution in [0.4, 0.5) is 8.78 Å². The number of benzene rings is 2. The first-order chi connectivity index (χ1) is 15.5. The van der Waals surface area contributed by atoms with Crippen molar-refractivity contribution < 1.29 is 27.5 Å². The molecule has 0 saturated carbocycles. The van der Waals surface area contributed by atoms with Gasteiger partial charge < -0.3 is 19.6 Å². The quantitative estimate of drug-likeness (QED) is 0.538. The molecule has 1 aliphatic heterocycles. The zero-order valence-corrected chi connectivity index (χ0v) is 17.4. The Hall–Kier alpha value is -3.14. The maximum absolute atomic E-state index is 14.1. The van der Waals surface area contributed by atoms with Crippen LogP contribution in [0.15, 0.2) is 46.9 Å². The molecule has 2 N–H and O–H groups in total. The number of morpholine rings is 1. The molecule has 1 saturated heterocycles. The molecule has 2 heterocycles. The molecule has 0 atom stereocenters. The number of amides is 1. The molecule has 0 aliphatic carbocycles. The number of hydrogen-bond donors (Lipinski definition) is 1. The molecule has 0 bridgehead atoms. The van der Waals surface area contributed by atoms with Gasteiger partial charge in [0.25, 0.3) is 5.91 Å². The molecule has 2 aromatic carbocycles. The van der Waals surface area contributed by atoms with Crippen LogP contribution in [0.5, 0.6) is 0 Å². The summed E-state index contributed by atoms with van der Waals surface area (Å²) in [6.07, 6.45) is 0. The zero-order valence-electron chi connectivity index (χ0n) is 17.4. The predicted molar refractivity (Wildman–Crippen MR) is 113 cm³/mol. The number of primary amides is 1. The number of oxazole rings is 1. The molecule has 32 heavy (non-hydrogen) atoms. The van der Waals surface area contributed by atoms with E-state index in [0.29, 0.717) is 18.8 Å². The molecule has 9 heteroatoms. The maximum atomic E-state index is 14.1. The molecule has 0 spiro atoms. The fourth-order valence-corrected chi connectivity index (χ4v) is 3.45. The second-order valence-electron chi connectivity index (χ2n) is 7.36. The Morgan fingerprint density at radius 2 is 1.78 bits per heavy atom. The first-order valence-electron chi connectivity index (χ1n) is 10.2. The van der Waals surface area contributed by atoms with Crippen molar-refractivity contribution in [2.75, 3.05) is 39.5 Å². The van der Waals surface area contributed by atoms with Crippen molar-refractivity contribution in [1.29, 1.82) is 0 Å². The lowest BCUT2D eigenvalue weighted by Crippen LogP contribution is -2.38. The standard InChI is InChI=1S/C23H23F2N3O4/c24-17-2-1-3-18(25)19(17)23-27-20(22(26)29)21(32-23)16-6-4-15(5-7-16)14-31-13-10-28-8-11-30-12-9-28/h1-7H,8-14H2,(H2,26,29). The molecule has 168 valence electrons. The van der Waals surface area contributed by atoms with Gasteiger partial charge in [0.2, 0.25) is 5.89 Å². The average Bonchev–Trinajstić information content (AvgIpc) is 3.23. The van der Waals surface area contributed by atoms with E-state index in [2.05, 4.69) is 9.88 Å². The summed E-state index contributed by atoms with van der Waals surface area (Å²) in [6, 6.07) is 10.5. The number of rotatable bonds is 8. The van der Waals surface area contributed by atoms with Crippen LogP contribution >= 0.6 is 0 Å². The van der Waals surface area contributed by atoms with Crippen LogP contribution in [-0.4, -0.2) is 55.2 Å². The summed E-state index contributed by atoms with van der Waals surface area (Å²) in [4.78, 5) is 18.1. The number of aromatic nitrogens is 1. The summed E-state index contributed by atoms with van der Waals surface area (Å²) in [5, 5.41) is 0. The van der Waals surface area contributed by atoms with Crippen molar-refractivity contribution in [3.05, 3.63) is 65.4 Å². The average molecular weight is 443 g/mol. The van der Waals surface area contributed by atoms with Gasteiger partial charge in [0, 0.05) is 25.2 Å².